The lowest BCUT2D eigenvalue weighted by molar-refractivity contribution is 0.244. The average Bonchev–Trinajstić information content (AvgIpc) is 3.27. The molecule has 33 heavy (non-hydrogen) atoms. The van der Waals surface area contributed by atoms with E-state index in [1.54, 1.807) is 18.2 Å². The van der Waals surface area contributed by atoms with Crippen LogP contribution in [0.15, 0.2) is 95.8 Å². The highest BCUT2D eigenvalue weighted by Crippen LogP contribution is 2.24. The molecule has 7 heteroatoms. The summed E-state index contributed by atoms with van der Waals surface area (Å²) in [5, 5.41) is 5.21. The number of hydrogen-bond donors (Lipinski definition) is 0. The molecule has 0 saturated carbocycles. The smallest absolute Gasteiger partial charge is 0.275 e. The molecule has 0 unspecified atom stereocenters. The first kappa shape index (κ1) is 21.2. The van der Waals surface area contributed by atoms with E-state index >= 15 is 0 Å². The van der Waals surface area contributed by atoms with Crippen LogP contribution in [-0.4, -0.2) is 19.5 Å². The van der Waals surface area contributed by atoms with Gasteiger partial charge in [0.15, 0.2) is 0 Å². The minimum Gasteiger partial charge on any atom is -0.289 e. The van der Waals surface area contributed by atoms with Gasteiger partial charge in [-0.15, -0.1) is 0 Å². The Balaban J connectivity index is 1.45. The number of hydrogen-bond acceptors (Lipinski definition) is 5. The van der Waals surface area contributed by atoms with Gasteiger partial charge in [-0.3, -0.25) is 9.69 Å². The van der Waals surface area contributed by atoms with E-state index in [1.807, 2.05) is 48.5 Å². The van der Waals surface area contributed by atoms with Crippen LogP contribution in [0, 0.1) is 5.82 Å². The van der Waals surface area contributed by atoms with Gasteiger partial charge in [0, 0.05) is 31.3 Å². The number of halogens is 1. The molecule has 0 bridgehead atoms. The molecule has 0 N–H and O–H groups in total. The van der Waals surface area contributed by atoms with Gasteiger partial charge in [0.25, 0.3) is 5.56 Å². The summed E-state index contributed by atoms with van der Waals surface area (Å²) in [6, 6.07) is 27.9. The highest BCUT2D eigenvalue weighted by Gasteiger charge is 2.14. The first-order chi connectivity index (χ1) is 16.1. The molecule has 2 heterocycles. The normalized spacial score (nSPS) is 11.3. The van der Waals surface area contributed by atoms with E-state index in [0.717, 1.165) is 21.7 Å². The lowest BCUT2D eigenvalue weighted by Gasteiger charge is -2.22. The maximum atomic E-state index is 13.4. The predicted molar refractivity (Wildman–Crippen MR) is 128 cm³/mol. The van der Waals surface area contributed by atoms with Crippen LogP contribution in [0.2, 0.25) is 0 Å². The van der Waals surface area contributed by atoms with Crippen molar-refractivity contribution >= 4 is 16.3 Å². The first-order valence-corrected chi connectivity index (χ1v) is 11.4. The molecule has 2 aromatic heterocycles. The Morgan fingerprint density at radius 3 is 2.15 bits per heavy atom. The Bertz CT molecular complexity index is 1420. The molecule has 5 nitrogen and oxygen atoms in total. The quantitative estimate of drug-likeness (QED) is 0.340. The lowest BCUT2D eigenvalue weighted by atomic mass is 10.1. The lowest BCUT2D eigenvalue weighted by Crippen LogP contribution is -2.25. The van der Waals surface area contributed by atoms with E-state index in [4.69, 9.17) is 4.98 Å². The van der Waals surface area contributed by atoms with E-state index in [-0.39, 0.29) is 11.4 Å². The SMILES string of the molecule is O=c1cc(CN(Cc2ccccc2)Cc2ccc(F)cc2)nc2sc(-c3ccccc3)nn12. The maximum absolute atomic E-state index is 13.4. The first-order valence-electron chi connectivity index (χ1n) is 10.6. The monoisotopic (exact) mass is 456 g/mol. The summed E-state index contributed by atoms with van der Waals surface area (Å²) in [5.74, 6) is -0.257. The Morgan fingerprint density at radius 2 is 1.45 bits per heavy atom. The second kappa shape index (κ2) is 9.44. The van der Waals surface area contributed by atoms with Gasteiger partial charge >= 0.3 is 0 Å². The molecule has 0 spiro atoms. The highest BCUT2D eigenvalue weighted by atomic mass is 32.1. The van der Waals surface area contributed by atoms with Crippen molar-refractivity contribution in [1.82, 2.24) is 19.5 Å². The van der Waals surface area contributed by atoms with E-state index in [2.05, 4.69) is 22.1 Å². The summed E-state index contributed by atoms with van der Waals surface area (Å²) in [6.45, 7) is 1.77. The van der Waals surface area contributed by atoms with Crippen molar-refractivity contribution in [1.29, 1.82) is 0 Å². The van der Waals surface area contributed by atoms with Crippen LogP contribution in [0.1, 0.15) is 16.8 Å². The van der Waals surface area contributed by atoms with Gasteiger partial charge in [0.1, 0.15) is 10.8 Å². The van der Waals surface area contributed by atoms with Gasteiger partial charge in [0.05, 0.1) is 5.69 Å². The third-order valence-electron chi connectivity index (χ3n) is 5.27. The second-order valence-corrected chi connectivity index (χ2v) is 8.77. The highest BCUT2D eigenvalue weighted by molar-refractivity contribution is 7.19. The van der Waals surface area contributed by atoms with Crippen molar-refractivity contribution < 1.29 is 4.39 Å². The zero-order valence-corrected chi connectivity index (χ0v) is 18.6. The van der Waals surface area contributed by atoms with Gasteiger partial charge in [-0.2, -0.15) is 9.61 Å². The third kappa shape index (κ3) is 5.05. The molecule has 0 aliphatic heterocycles. The second-order valence-electron chi connectivity index (χ2n) is 7.81. The van der Waals surface area contributed by atoms with Crippen LogP contribution in [-0.2, 0) is 19.6 Å². The fourth-order valence-electron chi connectivity index (χ4n) is 3.72. The van der Waals surface area contributed by atoms with Crippen LogP contribution in [0.25, 0.3) is 15.5 Å². The number of rotatable bonds is 7. The minimum absolute atomic E-state index is 0.199. The van der Waals surface area contributed by atoms with Gasteiger partial charge in [0.2, 0.25) is 4.96 Å². The Hall–Kier alpha value is -3.68. The van der Waals surface area contributed by atoms with Crippen molar-refractivity contribution in [2.75, 3.05) is 0 Å². The largest absolute Gasteiger partial charge is 0.289 e. The van der Waals surface area contributed by atoms with Crippen LogP contribution < -0.4 is 5.56 Å². The maximum Gasteiger partial charge on any atom is 0.275 e. The average molecular weight is 457 g/mol. The molecule has 0 saturated heterocycles. The van der Waals surface area contributed by atoms with Crippen LogP contribution in [0.4, 0.5) is 4.39 Å². The van der Waals surface area contributed by atoms with Crippen LogP contribution in [0.3, 0.4) is 0 Å². The molecule has 5 aromatic rings. The Morgan fingerprint density at radius 1 is 0.818 bits per heavy atom. The van der Waals surface area contributed by atoms with Gasteiger partial charge < -0.3 is 0 Å². The fraction of sp³-hybridized carbons (Fsp3) is 0.115. The molecule has 0 radical (unpaired) electrons. The number of fused-ring (bicyclic) bond motifs is 1. The molecule has 0 aliphatic rings. The third-order valence-corrected chi connectivity index (χ3v) is 6.23. The van der Waals surface area contributed by atoms with Gasteiger partial charge in [-0.05, 0) is 23.3 Å². The molecule has 0 fully saturated rings. The van der Waals surface area contributed by atoms with Gasteiger partial charge in [-0.1, -0.05) is 84.1 Å². The van der Waals surface area contributed by atoms with Gasteiger partial charge in [-0.25, -0.2) is 9.37 Å². The molecule has 3 aromatic carbocycles. The molecular weight excluding hydrogens is 435 g/mol. The molecule has 0 atom stereocenters. The van der Waals surface area contributed by atoms with Crippen molar-refractivity contribution in [2.24, 2.45) is 0 Å². The summed E-state index contributed by atoms with van der Waals surface area (Å²) in [6.07, 6.45) is 0. The fourth-order valence-corrected chi connectivity index (χ4v) is 4.65. The zero-order chi connectivity index (χ0) is 22.6. The van der Waals surface area contributed by atoms with Crippen molar-refractivity contribution in [3.05, 3.63) is 124 Å². The van der Waals surface area contributed by atoms with E-state index in [1.165, 1.54) is 28.0 Å². The van der Waals surface area contributed by atoms with Crippen LogP contribution >= 0.6 is 11.3 Å². The number of aromatic nitrogens is 3. The molecule has 0 aliphatic carbocycles. The van der Waals surface area contributed by atoms with E-state index < -0.39 is 0 Å². The molecular formula is C26H21FN4OS. The summed E-state index contributed by atoms with van der Waals surface area (Å²) in [7, 11) is 0. The Labute approximate surface area is 194 Å². The number of nitrogens with zero attached hydrogens (tertiary/aromatic N) is 4. The number of benzene rings is 3. The topological polar surface area (TPSA) is 50.5 Å². The molecule has 0 amide bonds. The summed E-state index contributed by atoms with van der Waals surface area (Å²) in [5.41, 5.74) is 3.59. The molecule has 164 valence electrons. The molecule has 5 rings (SSSR count). The minimum atomic E-state index is -0.257. The standard InChI is InChI=1S/C26H21FN4OS/c27-22-13-11-20(12-14-22)17-30(16-19-7-3-1-4-8-19)18-23-15-24(32)31-26(28-23)33-25(29-31)21-9-5-2-6-10-21/h1-15H,16-18H2. The van der Waals surface area contributed by atoms with Crippen molar-refractivity contribution in [3.8, 4) is 10.6 Å². The summed E-state index contributed by atoms with van der Waals surface area (Å²) < 4.78 is 14.7. The van der Waals surface area contributed by atoms with Crippen LogP contribution in [0.5, 0.6) is 0 Å². The van der Waals surface area contributed by atoms with Crippen molar-refractivity contribution in [2.45, 2.75) is 19.6 Å². The summed E-state index contributed by atoms with van der Waals surface area (Å²) in [4.78, 5) is 20.3. The predicted octanol–water partition coefficient (Wildman–Crippen LogP) is 5.16. The zero-order valence-electron chi connectivity index (χ0n) is 17.8. The Kier molecular flexibility index (Phi) is 6.06. The van der Waals surface area contributed by atoms with Crippen molar-refractivity contribution in [3.63, 3.8) is 0 Å². The van der Waals surface area contributed by atoms with E-state index in [0.29, 0.717) is 30.3 Å². The van der Waals surface area contributed by atoms with E-state index in [9.17, 15) is 9.18 Å². The summed E-state index contributed by atoms with van der Waals surface area (Å²) >= 11 is 1.40.